The molecule has 156 valence electrons. The molecule has 1 fully saturated rings. The molecule has 3 rings (SSSR count). The fourth-order valence-electron chi connectivity index (χ4n) is 3.94. The van der Waals surface area contributed by atoms with Crippen LogP contribution in [0.3, 0.4) is 0 Å². The molecule has 0 spiro atoms. The van der Waals surface area contributed by atoms with Gasteiger partial charge in [-0.15, -0.1) is 0 Å². The molecule has 1 unspecified atom stereocenters. The first-order valence-corrected chi connectivity index (χ1v) is 10.3. The Morgan fingerprint density at radius 2 is 1.93 bits per heavy atom. The molecule has 1 N–H and O–H groups in total. The minimum Gasteiger partial charge on any atom is -0.481 e. The number of piperidine rings is 1. The maximum atomic E-state index is 12.3. The Morgan fingerprint density at radius 1 is 1.24 bits per heavy atom. The molecule has 2 heterocycles. The summed E-state index contributed by atoms with van der Waals surface area (Å²) >= 11 is 0. The highest BCUT2D eigenvalue weighted by molar-refractivity contribution is 5.79. The lowest BCUT2D eigenvalue weighted by Crippen LogP contribution is -2.41. The van der Waals surface area contributed by atoms with Crippen molar-refractivity contribution in [1.29, 1.82) is 0 Å². The van der Waals surface area contributed by atoms with Gasteiger partial charge >= 0.3 is 12.1 Å². The zero-order valence-corrected chi connectivity index (χ0v) is 17.4. The molecule has 1 aliphatic heterocycles. The number of nitrogens with zero attached hydrogens (tertiary/aromatic N) is 2. The topological polar surface area (TPSA) is 79.7 Å². The van der Waals surface area contributed by atoms with E-state index in [1.54, 1.807) is 4.90 Å². The number of para-hydroxylation sites is 1. The standard InChI is InChI=1S/C23H30N2O4/c1-23(2,3)29-22(28)25-10-8-16(9-11-25)12-18(14-21(26)27)19-13-17-6-4-5-7-20(17)24-15-19/h4-7,13,15-16,18H,8-12,14H2,1-3H3,(H,26,27). The summed E-state index contributed by atoms with van der Waals surface area (Å²) in [4.78, 5) is 30.0. The normalized spacial score (nSPS) is 16.6. The Balaban J connectivity index is 1.65. The van der Waals surface area contributed by atoms with Gasteiger partial charge in [0.05, 0.1) is 11.9 Å². The SMILES string of the molecule is CC(C)(C)OC(=O)N1CCC(CC(CC(=O)O)c2cnc3ccccc3c2)CC1. The first-order chi connectivity index (χ1) is 13.7. The van der Waals surface area contributed by atoms with Crippen molar-refractivity contribution in [2.75, 3.05) is 13.1 Å². The number of rotatable bonds is 5. The summed E-state index contributed by atoms with van der Waals surface area (Å²) in [6.07, 6.45) is 4.14. The first kappa shape index (κ1) is 21.1. The number of carboxylic acid groups (broad SMARTS) is 1. The van der Waals surface area contributed by atoms with E-state index in [2.05, 4.69) is 11.1 Å². The summed E-state index contributed by atoms with van der Waals surface area (Å²) in [5.74, 6) is -0.499. The van der Waals surface area contributed by atoms with Crippen LogP contribution >= 0.6 is 0 Å². The van der Waals surface area contributed by atoms with Gasteiger partial charge in [-0.05, 0) is 69.6 Å². The van der Waals surface area contributed by atoms with Crippen LogP contribution in [0.25, 0.3) is 10.9 Å². The van der Waals surface area contributed by atoms with E-state index in [0.717, 1.165) is 35.7 Å². The fourth-order valence-corrected chi connectivity index (χ4v) is 3.94. The van der Waals surface area contributed by atoms with Crippen molar-refractivity contribution < 1.29 is 19.4 Å². The molecule has 0 bridgehead atoms. The van der Waals surface area contributed by atoms with Crippen molar-refractivity contribution in [3.05, 3.63) is 42.1 Å². The van der Waals surface area contributed by atoms with E-state index in [-0.39, 0.29) is 18.4 Å². The van der Waals surface area contributed by atoms with Crippen LogP contribution in [-0.4, -0.2) is 45.7 Å². The molecule has 1 amide bonds. The molecule has 1 aromatic heterocycles. The zero-order valence-electron chi connectivity index (χ0n) is 17.4. The average molecular weight is 399 g/mol. The molecule has 6 heteroatoms. The molecule has 2 aromatic rings. The molecule has 0 saturated carbocycles. The van der Waals surface area contributed by atoms with Gasteiger partial charge in [-0.25, -0.2) is 4.79 Å². The Morgan fingerprint density at radius 3 is 2.59 bits per heavy atom. The van der Waals surface area contributed by atoms with Crippen LogP contribution in [0.1, 0.15) is 57.9 Å². The predicted molar refractivity (Wildman–Crippen MR) is 112 cm³/mol. The number of pyridine rings is 1. The van der Waals surface area contributed by atoms with E-state index in [1.807, 2.05) is 51.2 Å². The van der Waals surface area contributed by atoms with Crippen LogP contribution in [-0.2, 0) is 9.53 Å². The minimum atomic E-state index is -0.797. The van der Waals surface area contributed by atoms with Gasteiger partial charge < -0.3 is 14.7 Å². The average Bonchev–Trinajstić information content (AvgIpc) is 2.66. The molecule has 0 aliphatic carbocycles. The van der Waals surface area contributed by atoms with Crippen molar-refractivity contribution in [1.82, 2.24) is 9.88 Å². The maximum absolute atomic E-state index is 12.3. The van der Waals surface area contributed by atoms with Gasteiger partial charge in [-0.3, -0.25) is 9.78 Å². The number of aliphatic carboxylic acids is 1. The predicted octanol–water partition coefficient (Wildman–Crippen LogP) is 4.83. The molecular formula is C23H30N2O4. The van der Waals surface area contributed by atoms with Crippen molar-refractivity contribution in [2.45, 2.75) is 58.0 Å². The van der Waals surface area contributed by atoms with Gasteiger partial charge in [-0.1, -0.05) is 18.2 Å². The van der Waals surface area contributed by atoms with Crippen LogP contribution in [0.5, 0.6) is 0 Å². The van der Waals surface area contributed by atoms with E-state index in [1.165, 1.54) is 0 Å². The number of fused-ring (bicyclic) bond motifs is 1. The van der Waals surface area contributed by atoms with Crippen LogP contribution < -0.4 is 0 Å². The molecule has 1 aromatic carbocycles. The van der Waals surface area contributed by atoms with E-state index in [0.29, 0.717) is 19.0 Å². The second kappa shape index (κ2) is 8.80. The smallest absolute Gasteiger partial charge is 0.410 e. The van der Waals surface area contributed by atoms with Crippen molar-refractivity contribution in [3.63, 3.8) is 0 Å². The summed E-state index contributed by atoms with van der Waals surface area (Å²) in [7, 11) is 0. The number of likely N-dealkylation sites (tertiary alicyclic amines) is 1. The zero-order chi connectivity index (χ0) is 21.0. The lowest BCUT2D eigenvalue weighted by atomic mass is 9.82. The number of ether oxygens (including phenoxy) is 1. The van der Waals surface area contributed by atoms with E-state index in [9.17, 15) is 14.7 Å². The third-order valence-electron chi connectivity index (χ3n) is 5.39. The van der Waals surface area contributed by atoms with E-state index in [4.69, 9.17) is 4.74 Å². The summed E-state index contributed by atoms with van der Waals surface area (Å²) < 4.78 is 5.46. The molecule has 6 nitrogen and oxygen atoms in total. The monoisotopic (exact) mass is 398 g/mol. The molecule has 0 radical (unpaired) electrons. The number of benzene rings is 1. The molecule has 1 saturated heterocycles. The second-order valence-electron chi connectivity index (χ2n) is 8.90. The third kappa shape index (κ3) is 5.92. The van der Waals surface area contributed by atoms with Crippen LogP contribution in [0.4, 0.5) is 4.79 Å². The number of hydrogen-bond acceptors (Lipinski definition) is 4. The lowest BCUT2D eigenvalue weighted by molar-refractivity contribution is -0.137. The summed E-state index contributed by atoms with van der Waals surface area (Å²) in [6, 6.07) is 9.93. The third-order valence-corrected chi connectivity index (χ3v) is 5.39. The highest BCUT2D eigenvalue weighted by Crippen LogP contribution is 2.33. The van der Waals surface area contributed by atoms with Gasteiger partial charge in [0, 0.05) is 24.7 Å². The number of carbonyl (C=O) groups is 2. The Kier molecular flexibility index (Phi) is 6.40. The van der Waals surface area contributed by atoms with Crippen LogP contribution in [0.15, 0.2) is 36.5 Å². The van der Waals surface area contributed by atoms with Crippen LogP contribution in [0.2, 0.25) is 0 Å². The van der Waals surface area contributed by atoms with Crippen molar-refractivity contribution in [2.24, 2.45) is 5.92 Å². The number of carbonyl (C=O) groups excluding carboxylic acids is 1. The van der Waals surface area contributed by atoms with Crippen molar-refractivity contribution >= 4 is 23.0 Å². The fraction of sp³-hybridized carbons (Fsp3) is 0.522. The first-order valence-electron chi connectivity index (χ1n) is 10.3. The number of carboxylic acids is 1. The maximum Gasteiger partial charge on any atom is 0.410 e. The number of hydrogen-bond donors (Lipinski definition) is 1. The van der Waals surface area contributed by atoms with Crippen molar-refractivity contribution in [3.8, 4) is 0 Å². The molecular weight excluding hydrogens is 368 g/mol. The molecule has 1 atom stereocenters. The number of aromatic nitrogens is 1. The highest BCUT2D eigenvalue weighted by Gasteiger charge is 2.29. The second-order valence-corrected chi connectivity index (χ2v) is 8.90. The summed E-state index contributed by atoms with van der Waals surface area (Å²) in [5, 5.41) is 10.4. The highest BCUT2D eigenvalue weighted by atomic mass is 16.6. The Labute approximate surface area is 171 Å². The Bertz CT molecular complexity index is 867. The molecule has 1 aliphatic rings. The summed E-state index contributed by atoms with van der Waals surface area (Å²) in [5.41, 5.74) is 1.39. The van der Waals surface area contributed by atoms with Gasteiger partial charge in [-0.2, -0.15) is 0 Å². The van der Waals surface area contributed by atoms with E-state index < -0.39 is 11.6 Å². The van der Waals surface area contributed by atoms with Gasteiger partial charge in [0.1, 0.15) is 5.60 Å². The van der Waals surface area contributed by atoms with E-state index >= 15 is 0 Å². The quantitative estimate of drug-likeness (QED) is 0.780. The molecule has 29 heavy (non-hydrogen) atoms. The van der Waals surface area contributed by atoms with Gasteiger partial charge in [0.15, 0.2) is 0 Å². The largest absolute Gasteiger partial charge is 0.481 e. The minimum absolute atomic E-state index is 0.0808. The van der Waals surface area contributed by atoms with Crippen LogP contribution in [0, 0.1) is 5.92 Å². The van der Waals surface area contributed by atoms with Gasteiger partial charge in [0.25, 0.3) is 0 Å². The summed E-state index contributed by atoms with van der Waals surface area (Å²) in [6.45, 7) is 6.90. The lowest BCUT2D eigenvalue weighted by Gasteiger charge is -2.34. The number of amides is 1. The van der Waals surface area contributed by atoms with Gasteiger partial charge in [0.2, 0.25) is 0 Å². The Hall–Kier alpha value is -2.63.